The zero-order chi connectivity index (χ0) is 29.9. The molecule has 0 amide bonds. The van der Waals surface area contributed by atoms with Crippen LogP contribution in [-0.4, -0.2) is 0 Å². The van der Waals surface area contributed by atoms with Gasteiger partial charge in [-0.1, -0.05) is 177 Å². The van der Waals surface area contributed by atoms with Gasteiger partial charge in [0.25, 0.3) is 0 Å². The van der Waals surface area contributed by atoms with E-state index in [1.165, 1.54) is 66.1 Å². The van der Waals surface area contributed by atoms with E-state index in [-0.39, 0.29) is 0 Å². The molecule has 44 heavy (non-hydrogen) atoms. The molecular weight excluding hydrogens is 664 g/mol. The van der Waals surface area contributed by atoms with Crippen LogP contribution in [0.2, 0.25) is 0 Å². The molecule has 0 aliphatic heterocycles. The van der Waals surface area contributed by atoms with Crippen molar-refractivity contribution in [3.8, 4) is 22.3 Å². The lowest BCUT2D eigenvalue weighted by atomic mass is 9.85. The summed E-state index contributed by atoms with van der Waals surface area (Å²) in [7, 11) is 0. The smallest absolute Gasteiger partial charge is 0.0175 e. The average Bonchev–Trinajstić information content (AvgIpc) is 3.07. The van der Waals surface area contributed by atoms with Crippen LogP contribution in [0.15, 0.2) is 155 Å². The Morgan fingerprint density at radius 3 is 0.818 bits per heavy atom. The number of hydrogen-bond acceptors (Lipinski definition) is 0. The molecule has 0 bridgehead atoms. The maximum absolute atomic E-state index is 3.51. The van der Waals surface area contributed by atoms with Gasteiger partial charge in [-0.15, -0.1) is 0 Å². The van der Waals surface area contributed by atoms with Crippen LogP contribution in [0.1, 0.15) is 22.3 Å². The van der Waals surface area contributed by atoms with E-state index in [1.54, 1.807) is 0 Å². The summed E-state index contributed by atoms with van der Waals surface area (Å²) in [6, 6.07) is 52.2. The van der Waals surface area contributed by atoms with Crippen LogP contribution in [0.5, 0.6) is 0 Å². The molecule has 0 N–H and O–H groups in total. The predicted octanol–water partition coefficient (Wildman–Crippen LogP) is 13.2. The van der Waals surface area contributed by atoms with Crippen molar-refractivity contribution in [1.29, 1.82) is 0 Å². The highest BCUT2D eigenvalue weighted by Crippen LogP contribution is 2.43. The summed E-state index contributed by atoms with van der Waals surface area (Å²) in [6.45, 7) is 0. The number of hydrogen-bond donors (Lipinski definition) is 0. The minimum atomic E-state index is 1.09. The van der Waals surface area contributed by atoms with Gasteiger partial charge in [0.2, 0.25) is 0 Å². The Balaban J connectivity index is 1.27. The van der Waals surface area contributed by atoms with Gasteiger partial charge in [-0.2, -0.15) is 0 Å². The first-order valence-electron chi connectivity index (χ1n) is 14.6. The summed E-state index contributed by atoms with van der Waals surface area (Å²) < 4.78 is 2.18. The monoisotopic (exact) mass is 690 g/mol. The molecule has 0 aromatic heterocycles. The second-order valence-electron chi connectivity index (χ2n) is 10.9. The molecule has 0 nitrogen and oxygen atoms in total. The van der Waals surface area contributed by atoms with E-state index in [0.717, 1.165) is 8.95 Å². The summed E-state index contributed by atoms with van der Waals surface area (Å²) in [5.41, 5.74) is 9.70. The highest BCUT2D eigenvalue weighted by molar-refractivity contribution is 9.10. The van der Waals surface area contributed by atoms with E-state index in [1.807, 2.05) is 0 Å². The summed E-state index contributed by atoms with van der Waals surface area (Å²) in [6.07, 6.45) is 8.65. The maximum Gasteiger partial charge on any atom is 0.0175 e. The van der Waals surface area contributed by atoms with Crippen molar-refractivity contribution in [1.82, 2.24) is 0 Å². The number of fused-ring (bicyclic) bond motifs is 2. The van der Waals surface area contributed by atoms with Crippen LogP contribution in [0.25, 0.3) is 68.1 Å². The van der Waals surface area contributed by atoms with Crippen molar-refractivity contribution in [2.45, 2.75) is 0 Å². The lowest BCUT2D eigenvalue weighted by Crippen LogP contribution is -1.91. The van der Waals surface area contributed by atoms with Gasteiger partial charge in [0.15, 0.2) is 0 Å². The van der Waals surface area contributed by atoms with Crippen molar-refractivity contribution in [3.05, 3.63) is 177 Å². The molecule has 0 saturated carbocycles. The van der Waals surface area contributed by atoms with Crippen LogP contribution in [0.3, 0.4) is 0 Å². The highest BCUT2D eigenvalue weighted by atomic mass is 79.9. The van der Waals surface area contributed by atoms with Crippen molar-refractivity contribution in [3.63, 3.8) is 0 Å². The third-order valence-corrected chi connectivity index (χ3v) is 9.06. The van der Waals surface area contributed by atoms with Crippen LogP contribution in [-0.2, 0) is 0 Å². The molecule has 0 unspecified atom stereocenters. The Morgan fingerprint density at radius 2 is 0.545 bits per heavy atom. The van der Waals surface area contributed by atoms with Gasteiger partial charge in [0.05, 0.1) is 0 Å². The first-order valence-corrected chi connectivity index (χ1v) is 16.2. The zero-order valence-electron chi connectivity index (χ0n) is 23.9. The zero-order valence-corrected chi connectivity index (χ0v) is 27.1. The van der Waals surface area contributed by atoms with Gasteiger partial charge < -0.3 is 0 Å². The van der Waals surface area contributed by atoms with E-state index in [4.69, 9.17) is 0 Å². The van der Waals surface area contributed by atoms with Gasteiger partial charge in [0, 0.05) is 8.95 Å². The minimum Gasteiger partial charge on any atom is -0.0616 e. The normalized spacial score (nSPS) is 11.7. The van der Waals surface area contributed by atoms with E-state index in [2.05, 4.69) is 202 Å². The fourth-order valence-electron chi connectivity index (χ4n) is 5.80. The predicted molar refractivity (Wildman–Crippen MR) is 198 cm³/mol. The standard InChI is InChI=1S/C42H28Br2/c43-35-25-17-31(18-26-35)11-9-29-13-21-33(22-14-29)41-37-5-1-2-6-38(37)42(40-8-4-3-7-39(40)41)34-23-15-30(16-24-34)10-12-32-19-27-36(44)28-20-32/h1-28H. The largest absolute Gasteiger partial charge is 0.0616 e. The minimum absolute atomic E-state index is 1.09. The summed E-state index contributed by atoms with van der Waals surface area (Å²) in [4.78, 5) is 0. The van der Waals surface area contributed by atoms with Crippen molar-refractivity contribution in [2.75, 3.05) is 0 Å². The molecular formula is C42H28Br2. The summed E-state index contributed by atoms with van der Waals surface area (Å²) in [5.74, 6) is 0. The highest BCUT2D eigenvalue weighted by Gasteiger charge is 2.16. The molecule has 0 radical (unpaired) electrons. The quantitative estimate of drug-likeness (QED) is 0.120. The van der Waals surface area contributed by atoms with Crippen molar-refractivity contribution in [2.24, 2.45) is 0 Å². The van der Waals surface area contributed by atoms with Crippen LogP contribution in [0, 0.1) is 0 Å². The van der Waals surface area contributed by atoms with Crippen LogP contribution >= 0.6 is 31.9 Å². The van der Waals surface area contributed by atoms with Crippen LogP contribution in [0.4, 0.5) is 0 Å². The van der Waals surface area contributed by atoms with E-state index < -0.39 is 0 Å². The molecule has 0 heterocycles. The van der Waals surface area contributed by atoms with E-state index in [0.29, 0.717) is 0 Å². The Bertz CT molecular complexity index is 1920. The molecule has 7 rings (SSSR count). The molecule has 2 heteroatoms. The second kappa shape index (κ2) is 12.6. The van der Waals surface area contributed by atoms with E-state index >= 15 is 0 Å². The molecule has 7 aromatic rings. The maximum atomic E-state index is 3.51. The lowest BCUT2D eigenvalue weighted by molar-refractivity contribution is 1.60. The third-order valence-electron chi connectivity index (χ3n) is 8.01. The Hall–Kier alpha value is -4.50. The summed E-state index contributed by atoms with van der Waals surface area (Å²) >= 11 is 7.03. The van der Waals surface area contributed by atoms with Crippen molar-refractivity contribution < 1.29 is 0 Å². The lowest BCUT2D eigenvalue weighted by Gasteiger charge is -2.18. The Morgan fingerprint density at radius 1 is 0.295 bits per heavy atom. The van der Waals surface area contributed by atoms with E-state index in [9.17, 15) is 0 Å². The van der Waals surface area contributed by atoms with Gasteiger partial charge in [-0.3, -0.25) is 0 Å². The fourth-order valence-corrected chi connectivity index (χ4v) is 6.33. The average molecular weight is 692 g/mol. The van der Waals surface area contributed by atoms with Gasteiger partial charge in [-0.05, 0) is 90.3 Å². The molecule has 0 aliphatic rings. The number of halogens is 2. The fraction of sp³-hybridized carbons (Fsp3) is 0. The van der Waals surface area contributed by atoms with Gasteiger partial charge in [0.1, 0.15) is 0 Å². The molecule has 0 aliphatic carbocycles. The molecule has 0 spiro atoms. The Kier molecular flexibility index (Phi) is 8.11. The number of rotatable bonds is 6. The molecule has 0 fully saturated rings. The first-order chi connectivity index (χ1) is 21.6. The Labute approximate surface area is 275 Å². The van der Waals surface area contributed by atoms with Gasteiger partial charge >= 0.3 is 0 Å². The number of benzene rings is 7. The molecule has 7 aromatic carbocycles. The summed E-state index contributed by atoms with van der Waals surface area (Å²) in [5, 5.41) is 5.05. The molecule has 210 valence electrons. The van der Waals surface area contributed by atoms with Gasteiger partial charge in [-0.25, -0.2) is 0 Å². The third kappa shape index (κ3) is 5.97. The molecule has 0 saturated heterocycles. The SMILES string of the molecule is Brc1ccc(C=Cc2ccc(-c3c4ccccc4c(-c4ccc(C=Cc5ccc(Br)cc5)cc4)c4ccccc34)cc2)cc1. The van der Waals surface area contributed by atoms with Crippen molar-refractivity contribution >= 4 is 77.7 Å². The topological polar surface area (TPSA) is 0 Å². The second-order valence-corrected chi connectivity index (χ2v) is 12.7. The van der Waals surface area contributed by atoms with Crippen LogP contribution < -0.4 is 0 Å². The molecule has 0 atom stereocenters. The first kappa shape index (κ1) is 28.3.